The molecule has 4 aromatic rings. The molecule has 0 aliphatic heterocycles. The van der Waals surface area contributed by atoms with E-state index in [1.807, 2.05) is 0 Å². The summed E-state index contributed by atoms with van der Waals surface area (Å²) in [6, 6.07) is 10.0. The van der Waals surface area contributed by atoms with E-state index in [1.165, 1.54) is 13.2 Å². The van der Waals surface area contributed by atoms with Crippen molar-refractivity contribution in [3.63, 3.8) is 0 Å². The molecule has 0 amide bonds. The Morgan fingerprint density at radius 2 is 1.41 bits per heavy atom. The van der Waals surface area contributed by atoms with E-state index in [4.69, 9.17) is 16.2 Å². The summed E-state index contributed by atoms with van der Waals surface area (Å²) in [5, 5.41) is 9.34. The first-order valence-electron chi connectivity index (χ1n) is 7.70. The number of methoxy groups -OCH3 is 1. The number of para-hydroxylation sites is 2. The molecule has 0 saturated heterocycles. The Hall–Kier alpha value is -4.08. The van der Waals surface area contributed by atoms with E-state index in [2.05, 4.69) is 19.9 Å². The minimum atomic E-state index is -0.492. The van der Waals surface area contributed by atoms with Crippen molar-refractivity contribution in [3.8, 4) is 11.5 Å². The van der Waals surface area contributed by atoms with Gasteiger partial charge in [0.15, 0.2) is 11.6 Å². The lowest BCUT2D eigenvalue weighted by atomic mass is 10.3. The van der Waals surface area contributed by atoms with Crippen LogP contribution in [-0.2, 0) is 0 Å². The van der Waals surface area contributed by atoms with Gasteiger partial charge in [-0.3, -0.25) is 9.59 Å². The van der Waals surface area contributed by atoms with Gasteiger partial charge in [0, 0.05) is 0 Å². The first kappa shape index (κ1) is 17.7. The van der Waals surface area contributed by atoms with E-state index in [0.29, 0.717) is 27.8 Å². The van der Waals surface area contributed by atoms with Crippen LogP contribution in [0.3, 0.4) is 0 Å². The van der Waals surface area contributed by atoms with Crippen molar-refractivity contribution in [2.75, 3.05) is 18.6 Å². The number of hydrogen-bond donors (Lipinski definition) is 5. The number of phenols is 1. The van der Waals surface area contributed by atoms with Gasteiger partial charge in [-0.1, -0.05) is 12.1 Å². The van der Waals surface area contributed by atoms with Crippen molar-refractivity contribution in [2.45, 2.75) is 0 Å². The van der Waals surface area contributed by atoms with Crippen LogP contribution in [0.4, 0.5) is 11.6 Å². The summed E-state index contributed by atoms with van der Waals surface area (Å²) < 4.78 is 5.07. The molecule has 0 unspecified atom stereocenters. The highest BCUT2D eigenvalue weighted by Gasteiger charge is 2.05. The fraction of sp³-hybridized carbons (Fsp3) is 0.0588. The number of hydrogen-bond acceptors (Lipinski definition) is 8. The molecule has 0 bridgehead atoms. The fourth-order valence-corrected chi connectivity index (χ4v) is 2.37. The van der Waals surface area contributed by atoms with Crippen LogP contribution in [-0.4, -0.2) is 32.2 Å². The lowest BCUT2D eigenvalue weighted by Gasteiger charge is -2.03. The lowest BCUT2D eigenvalue weighted by molar-refractivity contribution is 0.418. The summed E-state index contributed by atoms with van der Waals surface area (Å²) in [6.45, 7) is 0. The summed E-state index contributed by atoms with van der Waals surface area (Å²) in [5.41, 5.74) is 11.7. The van der Waals surface area contributed by atoms with Gasteiger partial charge in [-0.05, 0) is 24.3 Å². The van der Waals surface area contributed by atoms with Crippen LogP contribution in [0.5, 0.6) is 11.5 Å². The Balaban J connectivity index is 0.000000156. The van der Waals surface area contributed by atoms with Crippen molar-refractivity contribution in [3.05, 3.63) is 57.1 Å². The second kappa shape index (κ2) is 7.04. The largest absolute Gasteiger partial charge is 0.506 e. The van der Waals surface area contributed by atoms with Crippen LogP contribution in [0.15, 0.2) is 46.0 Å². The monoisotopic (exact) mass is 368 g/mol. The zero-order valence-electron chi connectivity index (χ0n) is 14.2. The molecule has 0 atom stereocenters. The van der Waals surface area contributed by atoms with E-state index in [9.17, 15) is 14.7 Å². The topological polar surface area (TPSA) is 173 Å². The van der Waals surface area contributed by atoms with Gasteiger partial charge in [-0.25, -0.2) is 9.97 Å². The number of nitrogens with zero attached hydrogens (tertiary/aromatic N) is 2. The molecule has 7 N–H and O–H groups in total. The molecule has 2 aromatic heterocycles. The third-order valence-electron chi connectivity index (χ3n) is 3.67. The summed E-state index contributed by atoms with van der Waals surface area (Å²) in [5.74, 6) is 0.429. The standard InChI is InChI=1S/C9H9N3O2.C8H7N3O2/c1-14-6-4-2-3-5-7(6)12-9(13)8(10)11-5;9-7-8(13)11-6-4(10-7)2-1-3-5(6)12/h2-4H,1H3,(H2,10,11)(H,12,13);1-3,12H,(H2,9,10)(H,11,13). The molecular weight excluding hydrogens is 352 g/mol. The average Bonchev–Trinajstić information content (AvgIpc) is 2.65. The van der Waals surface area contributed by atoms with Crippen LogP contribution < -0.4 is 27.3 Å². The number of aromatic nitrogens is 4. The van der Waals surface area contributed by atoms with Crippen molar-refractivity contribution < 1.29 is 9.84 Å². The number of phenolic OH excluding ortho intramolecular Hbond substituents is 1. The number of aromatic amines is 2. The average molecular weight is 368 g/mol. The second-order valence-corrected chi connectivity index (χ2v) is 5.43. The Morgan fingerprint density at radius 1 is 0.889 bits per heavy atom. The summed E-state index contributed by atoms with van der Waals surface area (Å²) in [4.78, 5) is 35.0. The van der Waals surface area contributed by atoms with Crippen LogP contribution in [0, 0.1) is 0 Å². The molecule has 27 heavy (non-hydrogen) atoms. The maximum absolute atomic E-state index is 11.2. The molecule has 10 heteroatoms. The predicted octanol–water partition coefficient (Wildman–Crippen LogP) is 0.725. The highest BCUT2D eigenvalue weighted by Crippen LogP contribution is 2.20. The van der Waals surface area contributed by atoms with Gasteiger partial charge < -0.3 is 31.3 Å². The molecular formula is C17H16N6O4. The van der Waals surface area contributed by atoms with Crippen LogP contribution in [0.1, 0.15) is 0 Å². The van der Waals surface area contributed by atoms with Gasteiger partial charge in [0.25, 0.3) is 11.1 Å². The molecule has 0 aliphatic carbocycles. The van der Waals surface area contributed by atoms with Gasteiger partial charge in [0.05, 0.1) is 18.1 Å². The van der Waals surface area contributed by atoms with Crippen molar-refractivity contribution in [1.29, 1.82) is 0 Å². The van der Waals surface area contributed by atoms with Gasteiger partial charge in [-0.15, -0.1) is 0 Å². The molecule has 0 spiro atoms. The SMILES string of the molecule is COc1cccc2nc(N)c(=O)[nH]c12.Nc1nc2cccc(O)c2[nH]c1=O. The minimum Gasteiger partial charge on any atom is -0.506 e. The summed E-state index contributed by atoms with van der Waals surface area (Å²) >= 11 is 0. The predicted molar refractivity (Wildman–Crippen MR) is 102 cm³/mol. The summed E-state index contributed by atoms with van der Waals surface area (Å²) in [7, 11) is 1.53. The zero-order chi connectivity index (χ0) is 19.6. The fourth-order valence-electron chi connectivity index (χ4n) is 2.37. The van der Waals surface area contributed by atoms with Crippen LogP contribution >= 0.6 is 0 Å². The number of nitrogen functional groups attached to an aromatic ring is 2. The normalized spacial score (nSPS) is 10.4. The Kier molecular flexibility index (Phi) is 4.62. The molecule has 0 aliphatic rings. The number of anilines is 2. The van der Waals surface area contributed by atoms with Gasteiger partial charge in [-0.2, -0.15) is 0 Å². The molecule has 0 saturated carbocycles. The highest BCUT2D eigenvalue weighted by atomic mass is 16.5. The Bertz CT molecular complexity index is 1250. The van der Waals surface area contributed by atoms with E-state index >= 15 is 0 Å². The molecule has 4 rings (SSSR count). The number of nitrogens with one attached hydrogen (secondary N) is 2. The number of H-pyrrole nitrogens is 2. The third kappa shape index (κ3) is 3.49. The first-order valence-corrected chi connectivity index (χ1v) is 7.70. The number of ether oxygens (including phenoxy) is 1. The van der Waals surface area contributed by atoms with Gasteiger partial charge in [0.2, 0.25) is 0 Å². The first-order chi connectivity index (χ1) is 12.9. The van der Waals surface area contributed by atoms with Crippen molar-refractivity contribution >= 4 is 33.7 Å². The van der Waals surface area contributed by atoms with Crippen LogP contribution in [0.25, 0.3) is 22.1 Å². The smallest absolute Gasteiger partial charge is 0.291 e. The minimum absolute atomic E-state index is 0.0119. The maximum Gasteiger partial charge on any atom is 0.291 e. The van der Waals surface area contributed by atoms with Crippen LogP contribution in [0.2, 0.25) is 0 Å². The highest BCUT2D eigenvalue weighted by molar-refractivity contribution is 5.82. The van der Waals surface area contributed by atoms with E-state index in [0.717, 1.165) is 0 Å². The van der Waals surface area contributed by atoms with Gasteiger partial charge in [0.1, 0.15) is 22.5 Å². The molecule has 0 fully saturated rings. The van der Waals surface area contributed by atoms with E-state index in [1.54, 1.807) is 30.3 Å². The van der Waals surface area contributed by atoms with Crippen molar-refractivity contribution in [1.82, 2.24) is 19.9 Å². The Morgan fingerprint density at radius 3 is 2.00 bits per heavy atom. The number of aromatic hydroxyl groups is 1. The van der Waals surface area contributed by atoms with E-state index < -0.39 is 11.1 Å². The molecule has 0 radical (unpaired) electrons. The second-order valence-electron chi connectivity index (χ2n) is 5.43. The quantitative estimate of drug-likeness (QED) is 0.327. The van der Waals surface area contributed by atoms with Crippen molar-refractivity contribution in [2.24, 2.45) is 0 Å². The number of nitrogens with two attached hydrogens (primary N) is 2. The van der Waals surface area contributed by atoms with Gasteiger partial charge >= 0.3 is 0 Å². The molecule has 10 nitrogen and oxygen atoms in total. The summed E-state index contributed by atoms with van der Waals surface area (Å²) in [6.07, 6.45) is 0. The molecule has 2 heterocycles. The lowest BCUT2D eigenvalue weighted by Crippen LogP contribution is -2.13. The Labute approximate surface area is 151 Å². The van der Waals surface area contributed by atoms with E-state index in [-0.39, 0.29) is 17.4 Å². The number of benzene rings is 2. The zero-order valence-corrected chi connectivity index (χ0v) is 14.2. The number of rotatable bonds is 1. The third-order valence-corrected chi connectivity index (χ3v) is 3.67. The maximum atomic E-state index is 11.2. The number of fused-ring (bicyclic) bond motifs is 2. The molecule has 2 aromatic carbocycles. The molecule has 138 valence electrons.